The van der Waals surface area contributed by atoms with Crippen LogP contribution in [0, 0.1) is 6.92 Å². The van der Waals surface area contributed by atoms with Crippen molar-refractivity contribution in [2.45, 2.75) is 11.8 Å². The van der Waals surface area contributed by atoms with Gasteiger partial charge in [-0.15, -0.1) is 0 Å². The Kier molecular flexibility index (Phi) is 2.93. The summed E-state index contributed by atoms with van der Waals surface area (Å²) in [5.74, 6) is 0. The third kappa shape index (κ3) is 2.19. The predicted octanol–water partition coefficient (Wildman–Crippen LogP) is 2.63. The number of halogens is 1. The number of rotatable bonds is 2. The molecule has 0 bridgehead atoms. The van der Waals surface area contributed by atoms with Crippen LogP contribution in [0.4, 0.5) is 0 Å². The molecule has 0 amide bonds. The van der Waals surface area contributed by atoms with Crippen LogP contribution in [0.25, 0.3) is 0 Å². The van der Waals surface area contributed by atoms with Crippen molar-refractivity contribution >= 4 is 25.8 Å². The first kappa shape index (κ1) is 10.5. The molecule has 4 heteroatoms. The normalized spacial score (nSPS) is 11.2. The molecule has 0 aliphatic heterocycles. The zero-order valence-corrected chi connectivity index (χ0v) is 9.52. The van der Waals surface area contributed by atoms with E-state index >= 15 is 0 Å². The van der Waals surface area contributed by atoms with E-state index in [-0.39, 0.29) is 8.71 Å². The molecule has 70 valence electrons. The Bertz CT molecular complexity index is 417. The molecule has 0 atom stereocenters. The number of sulfone groups is 1. The van der Waals surface area contributed by atoms with E-state index in [0.29, 0.717) is 0 Å². The van der Waals surface area contributed by atoms with E-state index in [1.54, 1.807) is 24.3 Å². The molecule has 13 heavy (non-hydrogen) atoms. The second-order valence-electron chi connectivity index (χ2n) is 2.67. The molecule has 0 radical (unpaired) electrons. The highest BCUT2D eigenvalue weighted by molar-refractivity contribution is 9.13. The summed E-state index contributed by atoms with van der Waals surface area (Å²) >= 11 is 2.87. The van der Waals surface area contributed by atoms with Crippen molar-refractivity contribution < 1.29 is 8.42 Å². The maximum absolute atomic E-state index is 11.5. The highest BCUT2D eigenvalue weighted by Gasteiger charge is 2.15. The molecule has 0 aliphatic carbocycles. The molecule has 0 N–H and O–H groups in total. The molecule has 0 saturated carbocycles. The second-order valence-corrected chi connectivity index (χ2v) is 6.12. The predicted molar refractivity (Wildman–Crippen MR) is 56.4 cm³/mol. The molecule has 1 aromatic carbocycles. The lowest BCUT2D eigenvalue weighted by Crippen LogP contribution is -1.98. The van der Waals surface area contributed by atoms with Crippen LogP contribution in [-0.2, 0) is 9.84 Å². The maximum Gasteiger partial charge on any atom is 0.212 e. The van der Waals surface area contributed by atoms with E-state index < -0.39 is 9.84 Å². The first-order valence-electron chi connectivity index (χ1n) is 3.61. The van der Waals surface area contributed by atoms with Gasteiger partial charge < -0.3 is 0 Å². The number of aryl methyl sites for hydroxylation is 1. The highest BCUT2D eigenvalue weighted by atomic mass is 79.9. The first-order valence-corrected chi connectivity index (χ1v) is 5.88. The molecule has 0 aliphatic rings. The smallest absolute Gasteiger partial charge is 0.212 e. The van der Waals surface area contributed by atoms with E-state index in [0.717, 1.165) is 5.56 Å². The van der Waals surface area contributed by atoms with E-state index in [4.69, 9.17) is 0 Å². The monoisotopic (exact) mass is 260 g/mol. The van der Waals surface area contributed by atoms with E-state index in [1.165, 1.54) is 0 Å². The van der Waals surface area contributed by atoms with Crippen LogP contribution in [-0.4, -0.2) is 8.42 Å². The van der Waals surface area contributed by atoms with Crippen molar-refractivity contribution in [2.75, 3.05) is 0 Å². The highest BCUT2D eigenvalue weighted by Crippen LogP contribution is 2.21. The molecule has 1 aromatic rings. The van der Waals surface area contributed by atoms with E-state index in [2.05, 4.69) is 22.5 Å². The van der Waals surface area contributed by atoms with Gasteiger partial charge in [-0.25, -0.2) is 8.42 Å². The summed E-state index contributed by atoms with van der Waals surface area (Å²) in [7, 11) is -3.37. The van der Waals surface area contributed by atoms with Crippen molar-refractivity contribution in [3.05, 3.63) is 40.2 Å². The van der Waals surface area contributed by atoms with Crippen molar-refractivity contribution in [1.29, 1.82) is 0 Å². The Balaban J connectivity index is 3.25. The third-order valence-corrected chi connectivity index (χ3v) is 4.38. The fraction of sp³-hybridized carbons (Fsp3) is 0.111. The largest absolute Gasteiger partial charge is 0.218 e. The van der Waals surface area contributed by atoms with Crippen LogP contribution in [0.5, 0.6) is 0 Å². The Morgan fingerprint density at radius 2 is 1.77 bits per heavy atom. The molecular formula is C9H9BrO2S. The standard InChI is InChI=1S/C9H9BrO2S/c1-7-3-5-9(6-4-7)13(11,12)8(2)10/h3-6H,2H2,1H3. The van der Waals surface area contributed by atoms with Crippen LogP contribution < -0.4 is 0 Å². The Labute approximate surface area is 86.3 Å². The number of benzene rings is 1. The van der Waals surface area contributed by atoms with Crippen LogP contribution in [0.1, 0.15) is 5.56 Å². The molecule has 0 saturated heterocycles. The molecule has 0 spiro atoms. The van der Waals surface area contributed by atoms with Crippen LogP contribution in [0.2, 0.25) is 0 Å². The summed E-state index contributed by atoms with van der Waals surface area (Å²) in [4.78, 5) is 0.264. The van der Waals surface area contributed by atoms with Gasteiger partial charge in [0.1, 0.15) is 3.81 Å². The molecule has 0 fully saturated rings. The van der Waals surface area contributed by atoms with Gasteiger partial charge in [0.05, 0.1) is 4.90 Å². The fourth-order valence-electron chi connectivity index (χ4n) is 0.845. The van der Waals surface area contributed by atoms with Crippen molar-refractivity contribution in [3.8, 4) is 0 Å². The van der Waals surface area contributed by atoms with Crippen LogP contribution >= 0.6 is 15.9 Å². The van der Waals surface area contributed by atoms with E-state index in [9.17, 15) is 8.42 Å². The van der Waals surface area contributed by atoms with Crippen LogP contribution in [0.15, 0.2) is 39.6 Å². The summed E-state index contributed by atoms with van der Waals surface area (Å²) < 4.78 is 23.0. The minimum atomic E-state index is -3.37. The summed E-state index contributed by atoms with van der Waals surface area (Å²) in [6.07, 6.45) is 0. The van der Waals surface area contributed by atoms with Gasteiger partial charge in [0.15, 0.2) is 0 Å². The Morgan fingerprint density at radius 3 is 2.15 bits per heavy atom. The molecule has 0 aromatic heterocycles. The Morgan fingerprint density at radius 1 is 1.31 bits per heavy atom. The molecule has 2 nitrogen and oxygen atoms in total. The van der Waals surface area contributed by atoms with Crippen LogP contribution in [0.3, 0.4) is 0 Å². The molecule has 1 rings (SSSR count). The third-order valence-electron chi connectivity index (χ3n) is 1.62. The van der Waals surface area contributed by atoms with Gasteiger partial charge in [0.25, 0.3) is 0 Å². The average Bonchev–Trinajstić information content (AvgIpc) is 2.04. The summed E-state index contributed by atoms with van der Waals surface area (Å²) in [5, 5.41) is 0. The first-order chi connectivity index (χ1) is 5.94. The summed E-state index contributed by atoms with van der Waals surface area (Å²) in [6.45, 7) is 5.26. The van der Waals surface area contributed by atoms with Crippen molar-refractivity contribution in [2.24, 2.45) is 0 Å². The lowest BCUT2D eigenvalue weighted by Gasteiger charge is -2.01. The lowest BCUT2D eigenvalue weighted by molar-refractivity contribution is 0.604. The number of hydrogen-bond acceptors (Lipinski definition) is 2. The quantitative estimate of drug-likeness (QED) is 0.820. The van der Waals surface area contributed by atoms with Gasteiger partial charge in [-0.1, -0.05) is 24.3 Å². The van der Waals surface area contributed by atoms with Gasteiger partial charge in [0, 0.05) is 0 Å². The lowest BCUT2D eigenvalue weighted by atomic mass is 10.2. The summed E-state index contributed by atoms with van der Waals surface area (Å²) in [6, 6.07) is 6.64. The zero-order valence-electron chi connectivity index (χ0n) is 7.12. The van der Waals surface area contributed by atoms with Gasteiger partial charge in [-0.3, -0.25) is 0 Å². The molecule has 0 unspecified atom stereocenters. The van der Waals surface area contributed by atoms with Crippen molar-refractivity contribution in [1.82, 2.24) is 0 Å². The van der Waals surface area contributed by atoms with Gasteiger partial charge >= 0.3 is 0 Å². The summed E-state index contributed by atoms with van der Waals surface area (Å²) in [5.41, 5.74) is 1.03. The van der Waals surface area contributed by atoms with Gasteiger partial charge in [0.2, 0.25) is 9.84 Å². The fourth-order valence-corrected chi connectivity index (χ4v) is 2.16. The molecular weight excluding hydrogens is 252 g/mol. The average molecular weight is 261 g/mol. The zero-order chi connectivity index (χ0) is 10.1. The van der Waals surface area contributed by atoms with E-state index in [1.807, 2.05) is 6.92 Å². The molecule has 0 heterocycles. The van der Waals surface area contributed by atoms with Gasteiger partial charge in [-0.2, -0.15) is 0 Å². The minimum absolute atomic E-state index is 0.0103. The maximum atomic E-state index is 11.5. The van der Waals surface area contributed by atoms with Crippen molar-refractivity contribution in [3.63, 3.8) is 0 Å². The second kappa shape index (κ2) is 3.64. The number of hydrogen-bond donors (Lipinski definition) is 0. The Hall–Kier alpha value is -0.610. The SMILES string of the molecule is C=C(Br)S(=O)(=O)c1ccc(C)cc1. The minimum Gasteiger partial charge on any atom is -0.218 e. The van der Waals surface area contributed by atoms with Gasteiger partial charge in [-0.05, 0) is 35.0 Å². The topological polar surface area (TPSA) is 34.1 Å².